The van der Waals surface area contributed by atoms with Crippen LogP contribution in [0.4, 0.5) is 5.82 Å². The summed E-state index contributed by atoms with van der Waals surface area (Å²) < 4.78 is 5.39. The van der Waals surface area contributed by atoms with E-state index in [1.807, 2.05) is 6.07 Å². The number of nitrogens with zero attached hydrogens (tertiary/aromatic N) is 2. The SMILES string of the molecule is COc1cccc(C(=O)N[C@H]2C[C@H]3CC[C@@H](C2)N3c2ccc(C(N)=O)cn2)c1CC(O)CO. The van der Waals surface area contributed by atoms with Gasteiger partial charge in [-0.25, -0.2) is 4.98 Å². The highest BCUT2D eigenvalue weighted by molar-refractivity contribution is 5.96. The van der Waals surface area contributed by atoms with Crippen molar-refractivity contribution in [2.45, 2.75) is 56.3 Å². The molecule has 1 aromatic heterocycles. The number of rotatable bonds is 8. The number of ether oxygens (including phenoxy) is 1. The van der Waals surface area contributed by atoms with Crippen LogP contribution < -0.4 is 20.7 Å². The Morgan fingerprint density at radius 1 is 1.24 bits per heavy atom. The molecule has 176 valence electrons. The van der Waals surface area contributed by atoms with Gasteiger partial charge >= 0.3 is 0 Å². The zero-order valence-corrected chi connectivity index (χ0v) is 18.6. The molecular weight excluding hydrogens is 424 g/mol. The number of anilines is 1. The fourth-order valence-electron chi connectivity index (χ4n) is 5.10. The van der Waals surface area contributed by atoms with E-state index in [0.29, 0.717) is 22.4 Å². The van der Waals surface area contributed by atoms with Gasteiger partial charge in [-0.05, 0) is 49.9 Å². The van der Waals surface area contributed by atoms with Gasteiger partial charge in [0.25, 0.3) is 5.91 Å². The second-order valence-corrected chi connectivity index (χ2v) is 8.73. The Balaban J connectivity index is 1.47. The number of hydrogen-bond acceptors (Lipinski definition) is 7. The van der Waals surface area contributed by atoms with Gasteiger partial charge in [0.2, 0.25) is 5.91 Å². The summed E-state index contributed by atoms with van der Waals surface area (Å²) in [5.74, 6) is 0.624. The van der Waals surface area contributed by atoms with Gasteiger partial charge in [0.1, 0.15) is 11.6 Å². The minimum absolute atomic E-state index is 0.0120. The van der Waals surface area contributed by atoms with E-state index in [9.17, 15) is 19.8 Å². The van der Waals surface area contributed by atoms with Crippen molar-refractivity contribution >= 4 is 17.6 Å². The lowest BCUT2D eigenvalue weighted by atomic mass is 9.95. The number of aliphatic hydroxyl groups is 2. The summed E-state index contributed by atoms with van der Waals surface area (Å²) in [6, 6.07) is 9.25. The smallest absolute Gasteiger partial charge is 0.251 e. The first-order chi connectivity index (χ1) is 15.9. The van der Waals surface area contributed by atoms with Gasteiger partial charge in [-0.1, -0.05) is 6.07 Å². The second kappa shape index (κ2) is 9.76. The lowest BCUT2D eigenvalue weighted by Gasteiger charge is -2.40. The first-order valence-electron chi connectivity index (χ1n) is 11.2. The molecule has 0 radical (unpaired) electrons. The Bertz CT molecular complexity index is 998. The Kier molecular flexibility index (Phi) is 6.80. The molecule has 2 saturated heterocycles. The number of nitrogens with one attached hydrogen (secondary N) is 1. The lowest BCUT2D eigenvalue weighted by Crippen LogP contribution is -2.51. The van der Waals surface area contributed by atoms with Crippen molar-refractivity contribution < 1.29 is 24.5 Å². The summed E-state index contributed by atoms with van der Waals surface area (Å²) in [5.41, 5.74) is 6.73. The van der Waals surface area contributed by atoms with Crippen LogP contribution in [0.25, 0.3) is 0 Å². The zero-order valence-electron chi connectivity index (χ0n) is 18.6. The number of benzene rings is 1. The summed E-state index contributed by atoms with van der Waals surface area (Å²) in [6.45, 7) is -0.393. The number of carbonyl (C=O) groups excluding carboxylic acids is 2. The average Bonchev–Trinajstić information content (AvgIpc) is 3.09. The number of nitrogens with two attached hydrogens (primary N) is 1. The minimum atomic E-state index is -0.972. The zero-order chi connectivity index (χ0) is 23.5. The van der Waals surface area contributed by atoms with E-state index in [0.717, 1.165) is 31.5 Å². The number of methoxy groups -OCH3 is 1. The molecule has 2 bridgehead atoms. The summed E-state index contributed by atoms with van der Waals surface area (Å²) in [4.78, 5) is 31.2. The molecule has 4 atom stereocenters. The number of pyridine rings is 1. The predicted molar refractivity (Wildman–Crippen MR) is 122 cm³/mol. The molecule has 9 heteroatoms. The third-order valence-corrected chi connectivity index (χ3v) is 6.61. The molecule has 0 aliphatic carbocycles. The Morgan fingerprint density at radius 2 is 1.97 bits per heavy atom. The van der Waals surface area contributed by atoms with E-state index in [2.05, 4.69) is 15.2 Å². The van der Waals surface area contributed by atoms with Crippen molar-refractivity contribution in [2.75, 3.05) is 18.6 Å². The van der Waals surface area contributed by atoms with Gasteiger partial charge in [0.15, 0.2) is 0 Å². The van der Waals surface area contributed by atoms with Crippen LogP contribution in [0.15, 0.2) is 36.5 Å². The summed E-state index contributed by atoms with van der Waals surface area (Å²) in [7, 11) is 1.52. The molecular formula is C24H30N4O5. The van der Waals surface area contributed by atoms with Crippen LogP contribution in [-0.2, 0) is 6.42 Å². The number of aliphatic hydroxyl groups excluding tert-OH is 2. The van der Waals surface area contributed by atoms with Crippen molar-refractivity contribution in [3.05, 3.63) is 53.2 Å². The fraction of sp³-hybridized carbons (Fsp3) is 0.458. The van der Waals surface area contributed by atoms with E-state index in [1.54, 1.807) is 24.3 Å². The third-order valence-electron chi connectivity index (χ3n) is 6.61. The highest BCUT2D eigenvalue weighted by Gasteiger charge is 2.42. The molecule has 1 aromatic carbocycles. The number of carbonyl (C=O) groups is 2. The van der Waals surface area contributed by atoms with Crippen LogP contribution in [0.3, 0.4) is 0 Å². The van der Waals surface area contributed by atoms with Crippen LogP contribution in [0, 0.1) is 0 Å². The van der Waals surface area contributed by atoms with Crippen LogP contribution in [0.1, 0.15) is 52.0 Å². The van der Waals surface area contributed by atoms with E-state index < -0.39 is 18.6 Å². The van der Waals surface area contributed by atoms with E-state index in [4.69, 9.17) is 10.5 Å². The molecule has 4 rings (SSSR count). The number of piperidine rings is 1. The third kappa shape index (κ3) is 4.79. The summed E-state index contributed by atoms with van der Waals surface area (Å²) in [6.07, 6.45) is 4.28. The highest BCUT2D eigenvalue weighted by atomic mass is 16.5. The molecule has 1 unspecified atom stereocenters. The molecule has 0 saturated carbocycles. The van der Waals surface area contributed by atoms with E-state index in [1.165, 1.54) is 13.3 Å². The molecule has 3 heterocycles. The minimum Gasteiger partial charge on any atom is -0.496 e. The first kappa shape index (κ1) is 23.0. The van der Waals surface area contributed by atoms with Crippen molar-refractivity contribution in [2.24, 2.45) is 5.73 Å². The number of primary amides is 1. The Morgan fingerprint density at radius 3 is 2.55 bits per heavy atom. The summed E-state index contributed by atoms with van der Waals surface area (Å²) in [5, 5.41) is 22.4. The summed E-state index contributed by atoms with van der Waals surface area (Å²) >= 11 is 0. The largest absolute Gasteiger partial charge is 0.496 e. The number of hydrogen-bond donors (Lipinski definition) is 4. The highest BCUT2D eigenvalue weighted by Crippen LogP contribution is 2.38. The maximum absolute atomic E-state index is 13.2. The topological polar surface area (TPSA) is 138 Å². The second-order valence-electron chi connectivity index (χ2n) is 8.73. The maximum Gasteiger partial charge on any atom is 0.251 e. The van der Waals surface area contributed by atoms with Gasteiger partial charge in [-0.2, -0.15) is 0 Å². The van der Waals surface area contributed by atoms with Crippen LogP contribution in [-0.4, -0.2) is 65.0 Å². The monoisotopic (exact) mass is 454 g/mol. The molecule has 2 amide bonds. The molecule has 0 spiro atoms. The quantitative estimate of drug-likeness (QED) is 0.467. The van der Waals surface area contributed by atoms with Gasteiger partial charge in [-0.3, -0.25) is 9.59 Å². The van der Waals surface area contributed by atoms with Crippen LogP contribution in [0.2, 0.25) is 0 Å². The maximum atomic E-state index is 13.2. The van der Waals surface area contributed by atoms with Gasteiger partial charge < -0.3 is 30.9 Å². The predicted octanol–water partition coefficient (Wildman–Crippen LogP) is 1.01. The van der Waals surface area contributed by atoms with Crippen molar-refractivity contribution in [1.82, 2.24) is 10.3 Å². The Labute approximate surface area is 192 Å². The number of aromatic nitrogens is 1. The molecule has 2 aliphatic rings. The molecule has 33 heavy (non-hydrogen) atoms. The number of amides is 2. The van der Waals surface area contributed by atoms with Crippen molar-refractivity contribution in [3.63, 3.8) is 0 Å². The van der Waals surface area contributed by atoms with Crippen LogP contribution in [0.5, 0.6) is 5.75 Å². The standard InChI is InChI=1S/C24H30N4O5/c1-33-21-4-2-3-19(20(21)11-18(30)13-29)24(32)27-15-9-16-6-7-17(10-15)28(16)22-8-5-14(12-26-22)23(25)31/h2-5,8,12,15-18,29-30H,6-7,9-11,13H2,1H3,(H2,25,31)(H,27,32)/t15-,16+,17-,18?. The molecule has 2 aliphatic heterocycles. The van der Waals surface area contributed by atoms with Gasteiger partial charge in [0.05, 0.1) is 25.4 Å². The van der Waals surface area contributed by atoms with Gasteiger partial charge in [0, 0.05) is 41.9 Å². The normalized spacial score (nSPS) is 22.6. The van der Waals surface area contributed by atoms with Gasteiger partial charge in [-0.15, -0.1) is 0 Å². The Hall–Kier alpha value is -3.17. The first-order valence-corrected chi connectivity index (χ1v) is 11.2. The molecule has 5 N–H and O–H groups in total. The van der Waals surface area contributed by atoms with Crippen molar-refractivity contribution in [3.8, 4) is 5.75 Å². The fourth-order valence-corrected chi connectivity index (χ4v) is 5.10. The van der Waals surface area contributed by atoms with E-state index >= 15 is 0 Å². The van der Waals surface area contributed by atoms with E-state index in [-0.39, 0.29) is 30.5 Å². The molecule has 9 nitrogen and oxygen atoms in total. The molecule has 2 aromatic rings. The average molecular weight is 455 g/mol. The van der Waals surface area contributed by atoms with Crippen LogP contribution >= 0.6 is 0 Å². The van der Waals surface area contributed by atoms with Crippen molar-refractivity contribution in [1.29, 1.82) is 0 Å². The molecule has 2 fully saturated rings. The number of fused-ring (bicyclic) bond motifs is 2. The lowest BCUT2D eigenvalue weighted by molar-refractivity contribution is 0.0902.